The first-order valence-electron chi connectivity index (χ1n) is 7.95. The average Bonchev–Trinajstić information content (AvgIpc) is 3.11. The largest absolute Gasteiger partial charge is 0.314 e. The van der Waals surface area contributed by atoms with Crippen LogP contribution in [0, 0.1) is 17.3 Å². The summed E-state index contributed by atoms with van der Waals surface area (Å²) in [5, 5.41) is 3.75. The van der Waals surface area contributed by atoms with Crippen LogP contribution in [0.2, 0.25) is 0 Å². The molecule has 2 unspecified atom stereocenters. The zero-order chi connectivity index (χ0) is 13.0. The number of rotatable bonds is 7. The molecule has 0 amide bonds. The van der Waals surface area contributed by atoms with Gasteiger partial charge in [0.25, 0.3) is 0 Å². The maximum atomic E-state index is 3.85. The van der Waals surface area contributed by atoms with E-state index in [1.807, 2.05) is 0 Å². The van der Waals surface area contributed by atoms with Crippen LogP contribution in [0.15, 0.2) is 12.7 Å². The minimum Gasteiger partial charge on any atom is -0.314 e. The monoisotopic (exact) mass is 249 g/mol. The SMILES string of the molecule is C=CCCCC1CC(C)(C)CCC1CNC1CC1. The van der Waals surface area contributed by atoms with Gasteiger partial charge in [-0.1, -0.05) is 19.9 Å². The van der Waals surface area contributed by atoms with Crippen molar-refractivity contribution >= 4 is 0 Å². The lowest BCUT2D eigenvalue weighted by Gasteiger charge is -2.41. The van der Waals surface area contributed by atoms with E-state index < -0.39 is 0 Å². The second kappa shape index (κ2) is 6.23. The highest BCUT2D eigenvalue weighted by atomic mass is 14.9. The third-order valence-electron chi connectivity index (χ3n) is 4.90. The van der Waals surface area contributed by atoms with E-state index in [1.165, 1.54) is 57.9 Å². The van der Waals surface area contributed by atoms with Gasteiger partial charge in [0, 0.05) is 6.04 Å². The van der Waals surface area contributed by atoms with Gasteiger partial charge in [0.1, 0.15) is 0 Å². The summed E-state index contributed by atoms with van der Waals surface area (Å²) in [6.45, 7) is 10.0. The molecule has 18 heavy (non-hydrogen) atoms. The molecular formula is C17H31N. The molecule has 0 saturated heterocycles. The predicted molar refractivity (Wildman–Crippen MR) is 79.7 cm³/mol. The van der Waals surface area contributed by atoms with Gasteiger partial charge in [-0.2, -0.15) is 0 Å². The average molecular weight is 249 g/mol. The van der Waals surface area contributed by atoms with Crippen molar-refractivity contribution in [2.24, 2.45) is 17.3 Å². The van der Waals surface area contributed by atoms with E-state index >= 15 is 0 Å². The third kappa shape index (κ3) is 4.42. The van der Waals surface area contributed by atoms with Crippen molar-refractivity contribution < 1.29 is 0 Å². The molecule has 0 aromatic carbocycles. The second-order valence-electron chi connectivity index (χ2n) is 7.33. The van der Waals surface area contributed by atoms with Gasteiger partial charge in [-0.25, -0.2) is 0 Å². The molecule has 1 nitrogen and oxygen atoms in total. The van der Waals surface area contributed by atoms with E-state index in [0.29, 0.717) is 5.41 Å². The summed E-state index contributed by atoms with van der Waals surface area (Å²) in [4.78, 5) is 0. The molecule has 2 aliphatic rings. The fourth-order valence-electron chi connectivity index (χ4n) is 3.53. The first kappa shape index (κ1) is 14.1. The van der Waals surface area contributed by atoms with Gasteiger partial charge in [-0.15, -0.1) is 6.58 Å². The van der Waals surface area contributed by atoms with E-state index in [1.54, 1.807) is 0 Å². The number of unbranched alkanes of at least 4 members (excludes halogenated alkanes) is 1. The van der Waals surface area contributed by atoms with Crippen LogP contribution >= 0.6 is 0 Å². The molecule has 0 aromatic rings. The molecule has 2 atom stereocenters. The molecule has 0 aliphatic heterocycles. The minimum atomic E-state index is 0.578. The van der Waals surface area contributed by atoms with E-state index in [0.717, 1.165) is 17.9 Å². The fourth-order valence-corrected chi connectivity index (χ4v) is 3.53. The lowest BCUT2D eigenvalue weighted by Crippen LogP contribution is -2.36. The Kier molecular flexibility index (Phi) is 4.89. The van der Waals surface area contributed by atoms with Crippen molar-refractivity contribution in [1.29, 1.82) is 0 Å². The van der Waals surface area contributed by atoms with Crippen LogP contribution in [0.1, 0.15) is 65.2 Å². The molecule has 1 N–H and O–H groups in total. The lowest BCUT2D eigenvalue weighted by molar-refractivity contribution is 0.108. The molecule has 2 rings (SSSR count). The van der Waals surface area contributed by atoms with Crippen LogP contribution in [0.3, 0.4) is 0 Å². The van der Waals surface area contributed by atoms with Crippen molar-refractivity contribution in [2.75, 3.05) is 6.54 Å². The number of allylic oxidation sites excluding steroid dienone is 1. The van der Waals surface area contributed by atoms with Crippen LogP contribution in [-0.2, 0) is 0 Å². The van der Waals surface area contributed by atoms with E-state index in [2.05, 4.69) is 31.8 Å². The van der Waals surface area contributed by atoms with E-state index in [-0.39, 0.29) is 0 Å². The van der Waals surface area contributed by atoms with Crippen molar-refractivity contribution in [1.82, 2.24) is 5.32 Å². The van der Waals surface area contributed by atoms with Crippen molar-refractivity contribution in [3.8, 4) is 0 Å². The quantitative estimate of drug-likeness (QED) is 0.516. The minimum absolute atomic E-state index is 0.578. The smallest absolute Gasteiger partial charge is 0.00683 e. The summed E-state index contributed by atoms with van der Waals surface area (Å²) >= 11 is 0. The molecular weight excluding hydrogens is 218 g/mol. The zero-order valence-corrected chi connectivity index (χ0v) is 12.4. The van der Waals surface area contributed by atoms with Crippen LogP contribution in [0.25, 0.3) is 0 Å². The molecule has 1 heteroatoms. The second-order valence-corrected chi connectivity index (χ2v) is 7.33. The van der Waals surface area contributed by atoms with Gasteiger partial charge in [-0.3, -0.25) is 0 Å². The highest BCUT2D eigenvalue weighted by Gasteiger charge is 2.35. The molecule has 2 aliphatic carbocycles. The Balaban J connectivity index is 1.81. The maximum Gasteiger partial charge on any atom is 0.00683 e. The van der Waals surface area contributed by atoms with Crippen molar-refractivity contribution in [2.45, 2.75) is 71.3 Å². The zero-order valence-electron chi connectivity index (χ0n) is 12.4. The van der Waals surface area contributed by atoms with Crippen LogP contribution in [0.5, 0.6) is 0 Å². The summed E-state index contributed by atoms with van der Waals surface area (Å²) in [6, 6.07) is 0.869. The number of nitrogens with one attached hydrogen (secondary N) is 1. The molecule has 0 radical (unpaired) electrons. The summed E-state index contributed by atoms with van der Waals surface area (Å²) in [6.07, 6.45) is 13.1. The van der Waals surface area contributed by atoms with Gasteiger partial charge in [0.05, 0.1) is 0 Å². The number of hydrogen-bond donors (Lipinski definition) is 1. The molecule has 0 bridgehead atoms. The first-order valence-corrected chi connectivity index (χ1v) is 7.95. The molecule has 0 heterocycles. The molecule has 2 saturated carbocycles. The lowest BCUT2D eigenvalue weighted by atomic mass is 9.66. The van der Waals surface area contributed by atoms with E-state index in [4.69, 9.17) is 0 Å². The summed E-state index contributed by atoms with van der Waals surface area (Å²) in [7, 11) is 0. The summed E-state index contributed by atoms with van der Waals surface area (Å²) in [5.41, 5.74) is 0.578. The Hall–Kier alpha value is -0.300. The Bertz CT molecular complexity index is 263. The van der Waals surface area contributed by atoms with Gasteiger partial charge in [0.15, 0.2) is 0 Å². The van der Waals surface area contributed by atoms with Gasteiger partial charge >= 0.3 is 0 Å². The molecule has 0 spiro atoms. The standard InChI is InChI=1S/C17H31N/c1-4-5-6-7-14-12-17(2,3)11-10-15(14)13-18-16-8-9-16/h4,14-16,18H,1,5-13H2,2-3H3. The Morgan fingerprint density at radius 3 is 2.67 bits per heavy atom. The first-order chi connectivity index (χ1) is 8.61. The molecule has 0 aromatic heterocycles. The predicted octanol–water partition coefficient (Wildman–Crippen LogP) is 4.54. The Morgan fingerprint density at radius 2 is 2.00 bits per heavy atom. The van der Waals surface area contributed by atoms with Gasteiger partial charge < -0.3 is 5.32 Å². The van der Waals surface area contributed by atoms with Gasteiger partial charge in [-0.05, 0) is 75.2 Å². The summed E-state index contributed by atoms with van der Waals surface area (Å²) < 4.78 is 0. The van der Waals surface area contributed by atoms with Crippen molar-refractivity contribution in [3.63, 3.8) is 0 Å². The van der Waals surface area contributed by atoms with Crippen LogP contribution < -0.4 is 5.32 Å². The Morgan fingerprint density at radius 1 is 1.22 bits per heavy atom. The van der Waals surface area contributed by atoms with Crippen LogP contribution in [0.4, 0.5) is 0 Å². The van der Waals surface area contributed by atoms with Crippen LogP contribution in [-0.4, -0.2) is 12.6 Å². The number of hydrogen-bond acceptors (Lipinski definition) is 1. The Labute approximate surface area is 113 Å². The van der Waals surface area contributed by atoms with Crippen molar-refractivity contribution in [3.05, 3.63) is 12.7 Å². The highest BCUT2D eigenvalue weighted by molar-refractivity contribution is 4.89. The summed E-state index contributed by atoms with van der Waals surface area (Å²) in [5.74, 6) is 1.88. The maximum absolute atomic E-state index is 3.85. The highest BCUT2D eigenvalue weighted by Crippen LogP contribution is 2.43. The molecule has 104 valence electrons. The topological polar surface area (TPSA) is 12.0 Å². The fraction of sp³-hybridized carbons (Fsp3) is 0.882. The van der Waals surface area contributed by atoms with E-state index in [9.17, 15) is 0 Å². The molecule has 2 fully saturated rings. The van der Waals surface area contributed by atoms with Gasteiger partial charge in [0.2, 0.25) is 0 Å². The normalized spacial score (nSPS) is 31.2. The third-order valence-corrected chi connectivity index (χ3v) is 4.90.